The molecule has 2 aromatic carbocycles. The number of imide groups is 1. The van der Waals surface area contributed by atoms with E-state index in [1.807, 2.05) is 0 Å². The minimum absolute atomic E-state index is 0.175. The summed E-state index contributed by atoms with van der Waals surface area (Å²) in [6.07, 6.45) is 0.510. The third-order valence-corrected chi connectivity index (χ3v) is 4.31. The number of esters is 1. The molecule has 0 unspecified atom stereocenters. The van der Waals surface area contributed by atoms with Crippen molar-refractivity contribution in [2.45, 2.75) is 19.4 Å². The Hall–Kier alpha value is -2.37. The van der Waals surface area contributed by atoms with E-state index in [1.165, 1.54) is 17.0 Å². The van der Waals surface area contributed by atoms with Gasteiger partial charge in [-0.15, -0.1) is 0 Å². The Morgan fingerprint density at radius 1 is 1.00 bits per heavy atom. The van der Waals surface area contributed by atoms with E-state index in [0.717, 1.165) is 5.56 Å². The molecule has 0 N–H and O–H groups in total. The molecule has 2 amide bonds. The minimum atomic E-state index is -0.566. The van der Waals surface area contributed by atoms with Gasteiger partial charge in [0, 0.05) is 17.9 Å². The summed E-state index contributed by atoms with van der Waals surface area (Å²) < 4.78 is 5.25. The van der Waals surface area contributed by atoms with Crippen molar-refractivity contribution in [2.24, 2.45) is 0 Å². The van der Waals surface area contributed by atoms with Crippen LogP contribution in [0.4, 0.5) is 0 Å². The molecule has 0 aliphatic carbocycles. The number of rotatable bonds is 4. The van der Waals surface area contributed by atoms with E-state index in [0.29, 0.717) is 10.6 Å². The van der Waals surface area contributed by atoms with Gasteiger partial charge in [0.25, 0.3) is 0 Å². The summed E-state index contributed by atoms with van der Waals surface area (Å²) in [5.41, 5.74) is 1.08. The maximum Gasteiger partial charge on any atom is 0.343 e. The second kappa shape index (κ2) is 7.25. The van der Waals surface area contributed by atoms with Crippen LogP contribution in [-0.4, -0.2) is 22.7 Å². The van der Waals surface area contributed by atoms with Gasteiger partial charge in [-0.05, 0) is 35.9 Å². The molecule has 1 heterocycles. The summed E-state index contributed by atoms with van der Waals surface area (Å²) in [6.45, 7) is 0.204. The SMILES string of the molecule is O=C(Oc1ccc(Cl)cc1Cl)c1ccc(CN2C(=O)CCC2=O)cc1. The number of ether oxygens (including phenoxy) is 1. The second-order valence-electron chi connectivity index (χ2n) is 5.53. The van der Waals surface area contributed by atoms with Crippen LogP contribution >= 0.6 is 23.2 Å². The van der Waals surface area contributed by atoms with Gasteiger partial charge in [-0.3, -0.25) is 14.5 Å². The quantitative estimate of drug-likeness (QED) is 0.461. The summed E-state index contributed by atoms with van der Waals surface area (Å²) in [4.78, 5) is 36.7. The van der Waals surface area contributed by atoms with Gasteiger partial charge in [0.05, 0.1) is 17.1 Å². The normalized spacial score (nSPS) is 14.1. The number of amides is 2. The van der Waals surface area contributed by atoms with Gasteiger partial charge in [-0.2, -0.15) is 0 Å². The van der Waals surface area contributed by atoms with Gasteiger partial charge in [0.15, 0.2) is 0 Å². The summed E-state index contributed by atoms with van der Waals surface area (Å²) in [5.74, 6) is -0.700. The standard InChI is InChI=1S/C18H13Cl2NO4/c19-13-5-6-15(14(20)9-13)25-18(24)12-3-1-11(2-4-12)10-21-16(22)7-8-17(21)23/h1-6,9H,7-8,10H2. The highest BCUT2D eigenvalue weighted by Crippen LogP contribution is 2.28. The molecular formula is C18H13Cl2NO4. The molecule has 0 bridgehead atoms. The van der Waals surface area contributed by atoms with Crippen LogP contribution in [0.25, 0.3) is 0 Å². The maximum atomic E-state index is 12.2. The fraction of sp³-hybridized carbons (Fsp3) is 0.167. The van der Waals surface area contributed by atoms with E-state index in [2.05, 4.69) is 0 Å². The van der Waals surface area contributed by atoms with Crippen molar-refractivity contribution in [3.8, 4) is 5.75 Å². The Morgan fingerprint density at radius 3 is 2.24 bits per heavy atom. The maximum absolute atomic E-state index is 12.2. The molecule has 0 atom stereocenters. The Morgan fingerprint density at radius 2 is 1.64 bits per heavy atom. The molecule has 25 heavy (non-hydrogen) atoms. The Labute approximate surface area is 154 Å². The van der Waals surface area contributed by atoms with Crippen LogP contribution in [-0.2, 0) is 16.1 Å². The number of hydrogen-bond acceptors (Lipinski definition) is 4. The zero-order valence-electron chi connectivity index (χ0n) is 13.0. The monoisotopic (exact) mass is 377 g/mol. The lowest BCUT2D eigenvalue weighted by Gasteiger charge is -2.14. The van der Waals surface area contributed by atoms with Crippen molar-refractivity contribution >= 4 is 41.0 Å². The van der Waals surface area contributed by atoms with Crippen LogP contribution in [0, 0.1) is 0 Å². The zero-order chi connectivity index (χ0) is 18.0. The van der Waals surface area contributed by atoms with Crippen LogP contribution in [0.1, 0.15) is 28.8 Å². The Bertz CT molecular complexity index is 833. The third-order valence-electron chi connectivity index (χ3n) is 3.78. The van der Waals surface area contributed by atoms with Gasteiger partial charge < -0.3 is 4.74 Å². The fourth-order valence-electron chi connectivity index (χ4n) is 2.44. The second-order valence-corrected chi connectivity index (χ2v) is 6.38. The average molecular weight is 378 g/mol. The van der Waals surface area contributed by atoms with Crippen LogP contribution in [0.2, 0.25) is 10.0 Å². The highest BCUT2D eigenvalue weighted by molar-refractivity contribution is 6.35. The van der Waals surface area contributed by atoms with E-state index in [4.69, 9.17) is 27.9 Å². The molecule has 1 saturated heterocycles. The van der Waals surface area contributed by atoms with Gasteiger partial charge in [0.1, 0.15) is 5.75 Å². The van der Waals surface area contributed by atoms with Crippen molar-refractivity contribution in [1.29, 1.82) is 0 Å². The first-order chi connectivity index (χ1) is 11.9. The number of nitrogens with zero attached hydrogens (tertiary/aromatic N) is 1. The molecule has 1 aliphatic rings. The van der Waals surface area contributed by atoms with E-state index in [-0.39, 0.29) is 42.0 Å². The Kier molecular flexibility index (Phi) is 5.06. The number of halogens is 2. The third kappa shape index (κ3) is 4.00. The largest absolute Gasteiger partial charge is 0.421 e. The van der Waals surface area contributed by atoms with Crippen LogP contribution in [0.5, 0.6) is 5.75 Å². The first-order valence-corrected chi connectivity index (χ1v) is 8.29. The zero-order valence-corrected chi connectivity index (χ0v) is 14.5. The van der Waals surface area contributed by atoms with E-state index >= 15 is 0 Å². The molecule has 0 aromatic heterocycles. The van der Waals surface area contributed by atoms with Gasteiger partial charge in [-0.25, -0.2) is 4.79 Å². The van der Waals surface area contributed by atoms with Gasteiger partial charge >= 0.3 is 5.97 Å². The van der Waals surface area contributed by atoms with Crippen LogP contribution in [0.15, 0.2) is 42.5 Å². The van der Waals surface area contributed by atoms with E-state index in [9.17, 15) is 14.4 Å². The average Bonchev–Trinajstić information content (AvgIpc) is 2.90. The molecule has 1 aliphatic heterocycles. The molecule has 2 aromatic rings. The number of benzene rings is 2. The smallest absolute Gasteiger partial charge is 0.343 e. The van der Waals surface area contributed by atoms with Crippen molar-refractivity contribution in [2.75, 3.05) is 0 Å². The van der Waals surface area contributed by atoms with E-state index in [1.54, 1.807) is 30.3 Å². The Balaban J connectivity index is 1.68. The molecule has 3 rings (SSSR count). The van der Waals surface area contributed by atoms with Crippen LogP contribution < -0.4 is 4.74 Å². The molecule has 0 radical (unpaired) electrons. The van der Waals surface area contributed by atoms with Crippen LogP contribution in [0.3, 0.4) is 0 Å². The molecule has 128 valence electrons. The molecular weight excluding hydrogens is 365 g/mol. The lowest BCUT2D eigenvalue weighted by atomic mass is 10.1. The number of hydrogen-bond donors (Lipinski definition) is 0. The predicted octanol–water partition coefficient (Wildman–Crippen LogP) is 3.86. The lowest BCUT2D eigenvalue weighted by molar-refractivity contribution is -0.139. The lowest BCUT2D eigenvalue weighted by Crippen LogP contribution is -2.28. The highest BCUT2D eigenvalue weighted by atomic mass is 35.5. The van der Waals surface area contributed by atoms with Crippen molar-refractivity contribution in [3.63, 3.8) is 0 Å². The molecule has 7 heteroatoms. The number of likely N-dealkylation sites (tertiary alicyclic amines) is 1. The summed E-state index contributed by atoms with van der Waals surface area (Å²) in [5, 5.41) is 0.684. The van der Waals surface area contributed by atoms with Gasteiger partial charge in [-0.1, -0.05) is 35.3 Å². The number of carbonyl (C=O) groups excluding carboxylic acids is 3. The van der Waals surface area contributed by atoms with Gasteiger partial charge in [0.2, 0.25) is 11.8 Å². The predicted molar refractivity (Wildman–Crippen MR) is 92.7 cm³/mol. The summed E-state index contributed by atoms with van der Waals surface area (Å²) in [7, 11) is 0. The highest BCUT2D eigenvalue weighted by Gasteiger charge is 2.28. The molecule has 0 saturated carbocycles. The first-order valence-electron chi connectivity index (χ1n) is 7.53. The molecule has 5 nitrogen and oxygen atoms in total. The summed E-state index contributed by atoms with van der Waals surface area (Å²) in [6, 6.07) is 11.1. The van der Waals surface area contributed by atoms with E-state index < -0.39 is 5.97 Å². The van der Waals surface area contributed by atoms with Crippen molar-refractivity contribution in [3.05, 3.63) is 63.6 Å². The van der Waals surface area contributed by atoms with Crippen molar-refractivity contribution in [1.82, 2.24) is 4.90 Å². The number of carbonyl (C=O) groups is 3. The molecule has 0 spiro atoms. The summed E-state index contributed by atoms with van der Waals surface area (Å²) >= 11 is 11.8. The minimum Gasteiger partial charge on any atom is -0.421 e. The van der Waals surface area contributed by atoms with Crippen molar-refractivity contribution < 1.29 is 19.1 Å². The first kappa shape index (κ1) is 17.5. The molecule has 1 fully saturated rings. The fourth-order valence-corrected chi connectivity index (χ4v) is 2.89. The topological polar surface area (TPSA) is 63.7 Å².